The molecule has 1 unspecified atom stereocenters. The van der Waals surface area contributed by atoms with Gasteiger partial charge in [0.1, 0.15) is 11.7 Å². The van der Waals surface area contributed by atoms with Gasteiger partial charge in [-0.15, -0.1) is 0 Å². The number of carbonyl (C=O) groups excluding carboxylic acids is 2. The average molecular weight is 431 g/mol. The number of hydrogen-bond donors (Lipinski definition) is 3. The maximum Gasteiger partial charge on any atom is 0.325 e. The number of benzene rings is 2. The summed E-state index contributed by atoms with van der Waals surface area (Å²) >= 11 is 3.35. The zero-order valence-electron chi connectivity index (χ0n) is 14.8. The highest BCUT2D eigenvalue weighted by Crippen LogP contribution is 2.14. The second-order valence-electron chi connectivity index (χ2n) is 5.97. The van der Waals surface area contributed by atoms with Crippen LogP contribution < -0.4 is 10.6 Å². The fourth-order valence-corrected chi connectivity index (χ4v) is 2.57. The molecular formula is C20H19BrN2O4. The Hall–Kier alpha value is -2.93. The lowest BCUT2D eigenvalue weighted by Gasteiger charge is -2.13. The first-order chi connectivity index (χ1) is 12.8. The molecule has 0 saturated heterocycles. The summed E-state index contributed by atoms with van der Waals surface area (Å²) < 4.78 is 0.805. The minimum absolute atomic E-state index is 0.0493. The van der Waals surface area contributed by atoms with Crippen molar-refractivity contribution < 1.29 is 19.5 Å². The Balaban J connectivity index is 2.31. The van der Waals surface area contributed by atoms with Crippen molar-refractivity contribution in [2.24, 2.45) is 0 Å². The van der Waals surface area contributed by atoms with Gasteiger partial charge >= 0.3 is 5.97 Å². The van der Waals surface area contributed by atoms with Crippen LogP contribution in [0, 0.1) is 6.92 Å². The molecule has 7 heteroatoms. The number of nitrogens with one attached hydrogen (secondary N) is 2. The third-order valence-electron chi connectivity index (χ3n) is 3.68. The van der Waals surface area contributed by atoms with Gasteiger partial charge in [-0.25, -0.2) is 0 Å². The van der Waals surface area contributed by atoms with E-state index in [1.54, 1.807) is 42.5 Å². The monoisotopic (exact) mass is 430 g/mol. The molecule has 0 heterocycles. The van der Waals surface area contributed by atoms with Crippen molar-refractivity contribution in [3.05, 3.63) is 75.4 Å². The van der Waals surface area contributed by atoms with Gasteiger partial charge in [-0.1, -0.05) is 45.8 Å². The molecule has 6 nitrogen and oxygen atoms in total. The number of carboxylic acids is 1. The van der Waals surface area contributed by atoms with Crippen molar-refractivity contribution in [2.75, 3.05) is 0 Å². The van der Waals surface area contributed by atoms with Crippen LogP contribution in [0.4, 0.5) is 0 Å². The molecule has 0 aliphatic rings. The van der Waals surface area contributed by atoms with Crippen molar-refractivity contribution in [1.29, 1.82) is 0 Å². The van der Waals surface area contributed by atoms with E-state index in [9.17, 15) is 14.4 Å². The summed E-state index contributed by atoms with van der Waals surface area (Å²) in [5.41, 5.74) is 2.01. The van der Waals surface area contributed by atoms with Crippen LogP contribution in [0.3, 0.4) is 0 Å². The van der Waals surface area contributed by atoms with Gasteiger partial charge < -0.3 is 15.7 Å². The number of aliphatic carboxylic acids is 1. The Kier molecular flexibility index (Phi) is 6.90. The van der Waals surface area contributed by atoms with Gasteiger partial charge in [0.25, 0.3) is 11.8 Å². The normalized spacial score (nSPS) is 12.2. The fourth-order valence-electron chi connectivity index (χ4n) is 2.16. The van der Waals surface area contributed by atoms with E-state index >= 15 is 0 Å². The Labute approximate surface area is 165 Å². The van der Waals surface area contributed by atoms with Crippen LogP contribution in [0.5, 0.6) is 0 Å². The SMILES string of the molecule is Cc1ccc(C(=O)NC(=Cc2cccc(Br)c2)C(=O)NC(C)C(=O)O)cc1. The molecule has 27 heavy (non-hydrogen) atoms. The molecule has 3 N–H and O–H groups in total. The maximum absolute atomic E-state index is 12.5. The average Bonchev–Trinajstić information content (AvgIpc) is 2.61. The van der Waals surface area contributed by atoms with Gasteiger partial charge in [0, 0.05) is 10.0 Å². The van der Waals surface area contributed by atoms with E-state index in [1.165, 1.54) is 13.0 Å². The number of hydrogen-bond acceptors (Lipinski definition) is 3. The van der Waals surface area contributed by atoms with Crippen LogP contribution in [-0.4, -0.2) is 28.9 Å². The molecule has 140 valence electrons. The van der Waals surface area contributed by atoms with Crippen LogP contribution >= 0.6 is 15.9 Å². The molecule has 0 aromatic heterocycles. The number of rotatable bonds is 6. The van der Waals surface area contributed by atoms with E-state index in [-0.39, 0.29) is 5.70 Å². The third-order valence-corrected chi connectivity index (χ3v) is 4.18. The van der Waals surface area contributed by atoms with Crippen molar-refractivity contribution in [3.8, 4) is 0 Å². The Bertz CT molecular complexity index is 891. The van der Waals surface area contributed by atoms with Gasteiger partial charge in [-0.05, 0) is 49.8 Å². The standard InChI is InChI=1S/C20H19BrN2O4/c1-12-6-8-15(9-7-12)18(24)23-17(19(25)22-13(2)20(26)27)11-14-4-3-5-16(21)10-14/h3-11,13H,1-2H3,(H,22,25)(H,23,24)(H,26,27). The van der Waals surface area contributed by atoms with E-state index in [0.717, 1.165) is 10.0 Å². The Morgan fingerprint density at radius 3 is 2.37 bits per heavy atom. The predicted molar refractivity (Wildman–Crippen MR) is 106 cm³/mol. The highest BCUT2D eigenvalue weighted by atomic mass is 79.9. The molecule has 2 amide bonds. The van der Waals surface area contributed by atoms with E-state index in [1.807, 2.05) is 13.0 Å². The zero-order chi connectivity index (χ0) is 20.0. The topological polar surface area (TPSA) is 95.5 Å². The molecule has 0 radical (unpaired) electrons. The van der Waals surface area contributed by atoms with Gasteiger partial charge in [-0.3, -0.25) is 14.4 Å². The van der Waals surface area contributed by atoms with E-state index in [2.05, 4.69) is 26.6 Å². The molecule has 0 bridgehead atoms. The van der Waals surface area contributed by atoms with Crippen molar-refractivity contribution in [1.82, 2.24) is 10.6 Å². The minimum Gasteiger partial charge on any atom is -0.480 e. The van der Waals surface area contributed by atoms with Crippen LogP contribution in [0.2, 0.25) is 0 Å². The quantitative estimate of drug-likeness (QED) is 0.613. The van der Waals surface area contributed by atoms with Gasteiger partial charge in [0.05, 0.1) is 0 Å². The van der Waals surface area contributed by atoms with E-state index in [4.69, 9.17) is 5.11 Å². The van der Waals surface area contributed by atoms with Crippen molar-refractivity contribution in [2.45, 2.75) is 19.9 Å². The van der Waals surface area contributed by atoms with E-state index < -0.39 is 23.8 Å². The summed E-state index contributed by atoms with van der Waals surface area (Å²) in [6.07, 6.45) is 1.49. The zero-order valence-corrected chi connectivity index (χ0v) is 16.4. The molecule has 1 atom stereocenters. The fraction of sp³-hybridized carbons (Fsp3) is 0.150. The lowest BCUT2D eigenvalue weighted by molar-refractivity contribution is -0.140. The van der Waals surface area contributed by atoms with Crippen molar-refractivity contribution in [3.63, 3.8) is 0 Å². The summed E-state index contributed by atoms with van der Waals surface area (Å²) in [6.45, 7) is 3.25. The lowest BCUT2D eigenvalue weighted by Crippen LogP contribution is -2.42. The summed E-state index contributed by atoms with van der Waals surface area (Å²) in [6, 6.07) is 12.9. The molecule has 0 aliphatic heterocycles. The number of amides is 2. The first kappa shape index (κ1) is 20.4. The molecule has 2 aromatic carbocycles. The summed E-state index contributed by atoms with van der Waals surface area (Å²) in [4.78, 5) is 36.0. The largest absolute Gasteiger partial charge is 0.480 e. The molecular weight excluding hydrogens is 412 g/mol. The summed E-state index contributed by atoms with van der Waals surface area (Å²) in [5.74, 6) is -2.32. The molecule has 0 fully saturated rings. The highest BCUT2D eigenvalue weighted by molar-refractivity contribution is 9.10. The smallest absolute Gasteiger partial charge is 0.325 e. The number of carbonyl (C=O) groups is 3. The van der Waals surface area contributed by atoms with Crippen LogP contribution in [-0.2, 0) is 9.59 Å². The Morgan fingerprint density at radius 1 is 1.11 bits per heavy atom. The third kappa shape index (κ3) is 6.07. The maximum atomic E-state index is 12.5. The van der Waals surface area contributed by atoms with Crippen molar-refractivity contribution >= 4 is 39.8 Å². The van der Waals surface area contributed by atoms with E-state index in [0.29, 0.717) is 11.1 Å². The number of halogens is 1. The molecule has 2 aromatic rings. The molecule has 0 aliphatic carbocycles. The number of carboxylic acid groups (broad SMARTS) is 1. The first-order valence-corrected chi connectivity index (χ1v) is 8.94. The first-order valence-electron chi connectivity index (χ1n) is 8.15. The van der Waals surface area contributed by atoms with Gasteiger partial charge in [0.2, 0.25) is 0 Å². The highest BCUT2D eigenvalue weighted by Gasteiger charge is 2.19. The second kappa shape index (κ2) is 9.14. The van der Waals surface area contributed by atoms with Gasteiger partial charge in [0.15, 0.2) is 0 Å². The number of aryl methyl sites for hydroxylation is 1. The second-order valence-corrected chi connectivity index (χ2v) is 6.88. The molecule has 2 rings (SSSR count). The Morgan fingerprint density at radius 2 is 1.78 bits per heavy atom. The van der Waals surface area contributed by atoms with Crippen LogP contribution in [0.15, 0.2) is 58.7 Å². The molecule has 0 saturated carbocycles. The summed E-state index contributed by atoms with van der Waals surface area (Å²) in [7, 11) is 0. The lowest BCUT2D eigenvalue weighted by atomic mass is 10.1. The predicted octanol–water partition coefficient (Wildman–Crippen LogP) is 3.12. The van der Waals surface area contributed by atoms with Gasteiger partial charge in [-0.2, -0.15) is 0 Å². The summed E-state index contributed by atoms with van der Waals surface area (Å²) in [5, 5.41) is 13.9. The minimum atomic E-state index is -1.17. The molecule has 0 spiro atoms. The van der Waals surface area contributed by atoms with Crippen LogP contribution in [0.25, 0.3) is 6.08 Å². The van der Waals surface area contributed by atoms with Crippen LogP contribution in [0.1, 0.15) is 28.4 Å².